The first-order chi connectivity index (χ1) is 2.77. The van der Waals surface area contributed by atoms with E-state index >= 15 is 0 Å². The molecule has 1 rings (SSSR count). The van der Waals surface area contributed by atoms with Crippen LogP contribution in [-0.2, 0) is 0 Å². The van der Waals surface area contributed by atoms with Crippen molar-refractivity contribution in [1.29, 1.82) is 0 Å². The van der Waals surface area contributed by atoms with Crippen molar-refractivity contribution in [2.75, 3.05) is 0 Å². The zero-order valence-electron chi connectivity index (χ0n) is 5.15. The quantitative estimate of drug-likeness (QED) is 0.262. The molecule has 0 aromatic carbocycles. The van der Waals surface area contributed by atoms with Gasteiger partial charge < -0.3 is 23.4 Å². The van der Waals surface area contributed by atoms with Crippen LogP contribution in [0.2, 0.25) is 0 Å². The predicted octanol–water partition coefficient (Wildman–Crippen LogP) is -1.59. The van der Waals surface area contributed by atoms with Gasteiger partial charge in [-0.25, -0.2) is 0 Å². The van der Waals surface area contributed by atoms with E-state index in [0.29, 0.717) is 5.41 Å². The van der Waals surface area contributed by atoms with Crippen molar-refractivity contribution in [2.45, 2.75) is 13.3 Å². The second-order valence-electron chi connectivity index (χ2n) is 2.12. The zero-order valence-corrected chi connectivity index (χ0v) is 8.15. The van der Waals surface area contributed by atoms with Crippen molar-refractivity contribution >= 4 is 23.1 Å². The summed E-state index contributed by atoms with van der Waals surface area (Å²) >= 11 is 0. The van der Waals surface area contributed by atoms with Gasteiger partial charge in [-0.15, -0.1) is 12.7 Å². The molecule has 0 nitrogen and oxygen atoms in total. The van der Waals surface area contributed by atoms with E-state index in [9.17, 15) is 0 Å². The molecule has 1 saturated carbocycles. The van der Waals surface area contributed by atoms with Crippen LogP contribution in [0.25, 0.3) is 0 Å². The summed E-state index contributed by atoms with van der Waals surface area (Å²) < 4.78 is 0. The first-order valence-corrected chi connectivity index (χ1v) is 2.25. The maximum Gasteiger partial charge on any atom is 2.00 e. The van der Waals surface area contributed by atoms with Gasteiger partial charge in [-0.1, -0.05) is 6.92 Å². The Morgan fingerprint density at radius 3 is 2.12 bits per heavy atom. The molecule has 0 aromatic rings. The van der Waals surface area contributed by atoms with Gasteiger partial charge in [-0.2, -0.15) is 11.8 Å². The Bertz CT molecular complexity index is 76.6. The Hall–Kier alpha value is 0.986. The second kappa shape index (κ2) is 3.91. The molecule has 0 N–H and O–H groups in total. The number of halogens is 1. The second-order valence-corrected chi connectivity index (χ2v) is 2.12. The van der Waals surface area contributed by atoms with E-state index in [-0.39, 0.29) is 40.0 Å². The van der Waals surface area contributed by atoms with Gasteiger partial charge in [0.05, 0.1) is 0 Å². The Morgan fingerprint density at radius 2 is 2.12 bits per heavy atom. The molecule has 0 spiro atoms. The minimum absolute atomic E-state index is 0. The van der Waals surface area contributed by atoms with E-state index in [1.165, 1.54) is 6.42 Å². The molecular formula is C6H9BrMg. The molecule has 1 atom stereocenters. The molecule has 1 aliphatic carbocycles. The molecule has 1 aliphatic rings. The van der Waals surface area contributed by atoms with E-state index < -0.39 is 0 Å². The fraction of sp³-hybridized carbons (Fsp3) is 0.500. The molecular weight excluding hydrogens is 176 g/mol. The van der Waals surface area contributed by atoms with Gasteiger partial charge in [-0.05, 0) is 0 Å². The molecule has 0 bridgehead atoms. The van der Waals surface area contributed by atoms with Gasteiger partial charge in [0.2, 0.25) is 0 Å². The van der Waals surface area contributed by atoms with Gasteiger partial charge in [0.15, 0.2) is 0 Å². The van der Waals surface area contributed by atoms with E-state index in [4.69, 9.17) is 0 Å². The van der Waals surface area contributed by atoms with Crippen LogP contribution >= 0.6 is 0 Å². The summed E-state index contributed by atoms with van der Waals surface area (Å²) in [6, 6.07) is 0. The molecule has 0 saturated heterocycles. The van der Waals surface area contributed by atoms with Gasteiger partial charge in [0.1, 0.15) is 0 Å². The molecule has 0 aliphatic heterocycles. The fourth-order valence-corrected chi connectivity index (χ4v) is 0.328. The molecule has 0 heterocycles. The van der Waals surface area contributed by atoms with Crippen molar-refractivity contribution in [3.8, 4) is 0 Å². The summed E-state index contributed by atoms with van der Waals surface area (Å²) in [6.45, 7) is 5.84. The van der Waals surface area contributed by atoms with Crippen LogP contribution in [0.5, 0.6) is 0 Å². The first-order valence-electron chi connectivity index (χ1n) is 2.25. The average molecular weight is 185 g/mol. The maximum absolute atomic E-state index is 3.66. The van der Waals surface area contributed by atoms with Gasteiger partial charge in [-0.3, -0.25) is 0 Å². The summed E-state index contributed by atoms with van der Waals surface area (Å²) in [5.74, 6) is 0. The third kappa shape index (κ3) is 3.10. The van der Waals surface area contributed by atoms with Crippen molar-refractivity contribution < 1.29 is 17.0 Å². The molecule has 8 heavy (non-hydrogen) atoms. The summed E-state index contributed by atoms with van der Waals surface area (Å²) in [5.41, 5.74) is 0.431. The number of allylic oxidation sites excluding steroid dienone is 1. The fourth-order valence-electron chi connectivity index (χ4n) is 0.328. The van der Waals surface area contributed by atoms with E-state index in [1.54, 1.807) is 0 Å². The van der Waals surface area contributed by atoms with Crippen LogP contribution < -0.4 is 17.0 Å². The monoisotopic (exact) mass is 184 g/mol. The van der Waals surface area contributed by atoms with Crippen LogP contribution in [-0.4, -0.2) is 23.1 Å². The Balaban J connectivity index is 0. The Kier molecular flexibility index (Phi) is 5.74. The van der Waals surface area contributed by atoms with Crippen LogP contribution in [0.1, 0.15) is 13.3 Å². The van der Waals surface area contributed by atoms with Crippen molar-refractivity contribution in [3.05, 3.63) is 19.1 Å². The van der Waals surface area contributed by atoms with Crippen LogP contribution in [0, 0.1) is 11.8 Å². The minimum Gasteiger partial charge on any atom is -1.00 e. The summed E-state index contributed by atoms with van der Waals surface area (Å²) in [5, 5.41) is 0. The predicted molar refractivity (Wildman–Crippen MR) is 33.0 cm³/mol. The van der Waals surface area contributed by atoms with Crippen molar-refractivity contribution in [2.24, 2.45) is 5.41 Å². The molecule has 0 aromatic heterocycles. The molecule has 0 radical (unpaired) electrons. The third-order valence-corrected chi connectivity index (χ3v) is 1.31. The largest absolute Gasteiger partial charge is 2.00 e. The molecule has 1 unspecified atom stereocenters. The smallest absolute Gasteiger partial charge is 1.00 e. The van der Waals surface area contributed by atoms with Crippen LogP contribution in [0.4, 0.5) is 0 Å². The molecule has 42 valence electrons. The van der Waals surface area contributed by atoms with Gasteiger partial charge >= 0.3 is 23.1 Å². The summed E-state index contributed by atoms with van der Waals surface area (Å²) in [4.78, 5) is 0. The first kappa shape index (κ1) is 11.7. The number of hydrogen-bond acceptors (Lipinski definition) is 0. The average Bonchev–Trinajstić information content (AvgIpc) is 2.22. The topological polar surface area (TPSA) is 0 Å². The Labute approximate surface area is 77.7 Å². The van der Waals surface area contributed by atoms with E-state index in [2.05, 4.69) is 19.9 Å². The van der Waals surface area contributed by atoms with Crippen LogP contribution in [0.15, 0.2) is 12.7 Å². The van der Waals surface area contributed by atoms with E-state index in [0.717, 1.165) is 0 Å². The summed E-state index contributed by atoms with van der Waals surface area (Å²) in [7, 11) is 0. The standard InChI is InChI=1S/C6H9.BrH.Mg/c1-3-6(2)4-5-6;;/h3-4H,1,5H2,2H3;1H;/q-1;;+2/p-1. The molecule has 0 amide bonds. The Morgan fingerprint density at radius 1 is 1.75 bits per heavy atom. The van der Waals surface area contributed by atoms with Gasteiger partial charge in [0.25, 0.3) is 0 Å². The number of rotatable bonds is 1. The number of hydrogen-bond donors (Lipinski definition) is 0. The summed E-state index contributed by atoms with van der Waals surface area (Å²) in [6.07, 6.45) is 5.48. The molecule has 1 fully saturated rings. The van der Waals surface area contributed by atoms with Crippen LogP contribution in [0.3, 0.4) is 0 Å². The van der Waals surface area contributed by atoms with Crippen molar-refractivity contribution in [1.82, 2.24) is 0 Å². The minimum atomic E-state index is 0. The zero-order chi connectivity index (χ0) is 4.62. The normalized spacial score (nSPS) is 31.6. The molecule has 2 heteroatoms. The van der Waals surface area contributed by atoms with Crippen molar-refractivity contribution in [3.63, 3.8) is 0 Å². The SMILES string of the molecule is C=CC1(C)[CH-]C1.[Br-].[Mg+2]. The van der Waals surface area contributed by atoms with E-state index in [1.807, 2.05) is 6.08 Å². The third-order valence-electron chi connectivity index (χ3n) is 1.31. The maximum atomic E-state index is 3.66. The van der Waals surface area contributed by atoms with Gasteiger partial charge in [0, 0.05) is 0 Å².